The lowest BCUT2D eigenvalue weighted by Gasteiger charge is -2.34. The van der Waals surface area contributed by atoms with Crippen molar-refractivity contribution in [3.8, 4) is 0 Å². The molecule has 2 aliphatic rings. The van der Waals surface area contributed by atoms with Gasteiger partial charge in [-0.25, -0.2) is 0 Å². The van der Waals surface area contributed by atoms with E-state index in [0.717, 1.165) is 17.3 Å². The van der Waals surface area contributed by atoms with Crippen molar-refractivity contribution in [3.05, 3.63) is 12.4 Å². The number of amides is 2. The highest BCUT2D eigenvalue weighted by Gasteiger charge is 2.33. The highest BCUT2D eigenvalue weighted by Crippen LogP contribution is 2.18. The Bertz CT molecular complexity index is 526. The normalized spacial score (nSPS) is 23.4. The Morgan fingerprint density at radius 3 is 2.95 bits per heavy atom. The second-order valence-electron chi connectivity index (χ2n) is 4.95. The van der Waals surface area contributed by atoms with Crippen LogP contribution in [0.4, 0.5) is 5.69 Å². The lowest BCUT2D eigenvalue weighted by atomic mass is 10.2. The van der Waals surface area contributed by atoms with E-state index >= 15 is 0 Å². The average Bonchev–Trinajstić information content (AvgIpc) is 3.09. The molecular formula is C12H17N5O2S. The maximum atomic E-state index is 12.3. The van der Waals surface area contributed by atoms with E-state index < -0.39 is 0 Å². The second-order valence-corrected chi connectivity index (χ2v) is 5.98. The molecule has 7 nitrogen and oxygen atoms in total. The number of aromatic nitrogens is 2. The average molecular weight is 295 g/mol. The van der Waals surface area contributed by atoms with Crippen molar-refractivity contribution in [2.75, 3.05) is 36.2 Å². The summed E-state index contributed by atoms with van der Waals surface area (Å²) in [6, 6.07) is -0.141. The van der Waals surface area contributed by atoms with Crippen LogP contribution in [0.1, 0.15) is 0 Å². The number of nitrogens with one attached hydrogen (secondary N) is 1. The zero-order chi connectivity index (χ0) is 14.1. The van der Waals surface area contributed by atoms with Crippen LogP contribution in [0, 0.1) is 0 Å². The third-order valence-electron chi connectivity index (χ3n) is 3.55. The highest BCUT2D eigenvalue weighted by atomic mass is 32.2. The van der Waals surface area contributed by atoms with Crippen molar-refractivity contribution in [1.82, 2.24) is 20.0 Å². The zero-order valence-electron chi connectivity index (χ0n) is 11.3. The van der Waals surface area contributed by atoms with Gasteiger partial charge < -0.3 is 9.80 Å². The van der Waals surface area contributed by atoms with Crippen LogP contribution in [0.15, 0.2) is 12.4 Å². The van der Waals surface area contributed by atoms with Gasteiger partial charge in [0.1, 0.15) is 6.54 Å². The van der Waals surface area contributed by atoms with Crippen LogP contribution >= 0.6 is 11.8 Å². The van der Waals surface area contributed by atoms with Crippen LogP contribution in [0.2, 0.25) is 0 Å². The summed E-state index contributed by atoms with van der Waals surface area (Å²) < 4.78 is 1.67. The molecule has 3 rings (SSSR count). The fourth-order valence-electron chi connectivity index (χ4n) is 2.46. The van der Waals surface area contributed by atoms with Gasteiger partial charge >= 0.3 is 0 Å². The number of hydrogen-bond donors (Lipinski definition) is 1. The van der Waals surface area contributed by atoms with Crippen molar-refractivity contribution in [2.24, 2.45) is 7.05 Å². The SMILES string of the molecule is Cn1cc(N2CCN(C(=O)C3CSCN3)CC2=O)cn1. The molecule has 0 aromatic carbocycles. The van der Waals surface area contributed by atoms with Gasteiger partial charge in [0.25, 0.3) is 0 Å². The summed E-state index contributed by atoms with van der Waals surface area (Å²) in [4.78, 5) is 27.8. The van der Waals surface area contributed by atoms with Crippen molar-refractivity contribution < 1.29 is 9.59 Å². The number of nitrogens with zero attached hydrogens (tertiary/aromatic N) is 4. The van der Waals surface area contributed by atoms with Crippen LogP contribution in [0.25, 0.3) is 0 Å². The van der Waals surface area contributed by atoms with Gasteiger partial charge in [0.2, 0.25) is 11.8 Å². The van der Waals surface area contributed by atoms with Crippen molar-refractivity contribution in [1.29, 1.82) is 0 Å². The lowest BCUT2D eigenvalue weighted by Crippen LogP contribution is -2.56. The van der Waals surface area contributed by atoms with Crippen molar-refractivity contribution in [2.45, 2.75) is 6.04 Å². The molecule has 2 amide bonds. The smallest absolute Gasteiger partial charge is 0.246 e. The molecule has 0 spiro atoms. The highest BCUT2D eigenvalue weighted by molar-refractivity contribution is 7.99. The molecule has 0 bridgehead atoms. The van der Waals surface area contributed by atoms with Gasteiger partial charge in [-0.15, -0.1) is 11.8 Å². The van der Waals surface area contributed by atoms with E-state index in [1.807, 2.05) is 13.2 Å². The number of thioether (sulfide) groups is 1. The Balaban J connectivity index is 1.64. The maximum absolute atomic E-state index is 12.3. The van der Waals surface area contributed by atoms with E-state index in [2.05, 4.69) is 10.4 Å². The molecular weight excluding hydrogens is 278 g/mol. The molecule has 108 valence electrons. The van der Waals surface area contributed by atoms with E-state index in [1.54, 1.807) is 32.4 Å². The van der Waals surface area contributed by atoms with E-state index in [1.165, 1.54) is 0 Å². The van der Waals surface area contributed by atoms with Gasteiger partial charge in [0.15, 0.2) is 0 Å². The first-order valence-corrected chi connectivity index (χ1v) is 7.69. The van der Waals surface area contributed by atoms with E-state index in [4.69, 9.17) is 0 Å². The zero-order valence-corrected chi connectivity index (χ0v) is 12.1. The summed E-state index contributed by atoms with van der Waals surface area (Å²) in [6.45, 7) is 1.25. The molecule has 3 heterocycles. The lowest BCUT2D eigenvalue weighted by molar-refractivity contribution is -0.137. The minimum atomic E-state index is -0.141. The molecule has 0 radical (unpaired) electrons. The summed E-state index contributed by atoms with van der Waals surface area (Å²) in [5.41, 5.74) is 0.791. The summed E-state index contributed by atoms with van der Waals surface area (Å²) >= 11 is 1.71. The molecule has 2 saturated heterocycles. The van der Waals surface area contributed by atoms with Gasteiger partial charge in [-0.1, -0.05) is 0 Å². The predicted octanol–water partition coefficient (Wildman–Crippen LogP) is -0.742. The van der Waals surface area contributed by atoms with Crippen molar-refractivity contribution >= 4 is 29.3 Å². The minimum Gasteiger partial charge on any atom is -0.330 e. The van der Waals surface area contributed by atoms with Gasteiger partial charge in [0, 0.05) is 38.0 Å². The molecule has 2 aliphatic heterocycles. The Labute approximate surface area is 121 Å². The molecule has 1 unspecified atom stereocenters. The fourth-order valence-corrected chi connectivity index (χ4v) is 3.39. The van der Waals surface area contributed by atoms with Crippen LogP contribution < -0.4 is 10.2 Å². The Morgan fingerprint density at radius 2 is 2.35 bits per heavy atom. The minimum absolute atomic E-state index is 0.0363. The van der Waals surface area contributed by atoms with Gasteiger partial charge in [0.05, 0.1) is 17.9 Å². The first-order valence-electron chi connectivity index (χ1n) is 6.54. The molecule has 20 heavy (non-hydrogen) atoms. The number of hydrogen-bond acceptors (Lipinski definition) is 5. The number of rotatable bonds is 2. The molecule has 0 aliphatic carbocycles. The summed E-state index contributed by atoms with van der Waals surface area (Å²) in [5, 5.41) is 7.22. The van der Waals surface area contributed by atoms with E-state index in [-0.39, 0.29) is 24.4 Å². The number of anilines is 1. The van der Waals surface area contributed by atoms with Crippen LogP contribution in [-0.2, 0) is 16.6 Å². The number of piperazine rings is 1. The third-order valence-corrected chi connectivity index (χ3v) is 4.49. The third kappa shape index (κ3) is 2.53. The quantitative estimate of drug-likeness (QED) is 0.778. The van der Waals surface area contributed by atoms with Crippen LogP contribution in [0.3, 0.4) is 0 Å². The largest absolute Gasteiger partial charge is 0.330 e. The van der Waals surface area contributed by atoms with Crippen LogP contribution in [-0.4, -0.2) is 63.8 Å². The summed E-state index contributed by atoms with van der Waals surface area (Å²) in [6.07, 6.45) is 3.48. The Hall–Kier alpha value is -1.54. The molecule has 8 heteroatoms. The number of carbonyl (C=O) groups is 2. The van der Waals surface area contributed by atoms with Crippen molar-refractivity contribution in [3.63, 3.8) is 0 Å². The Morgan fingerprint density at radius 1 is 1.50 bits per heavy atom. The Kier molecular flexibility index (Phi) is 3.66. The molecule has 1 aromatic rings. The van der Waals surface area contributed by atoms with E-state index in [9.17, 15) is 9.59 Å². The maximum Gasteiger partial charge on any atom is 0.246 e. The first-order chi connectivity index (χ1) is 9.65. The number of aryl methyl sites for hydroxylation is 1. The summed E-state index contributed by atoms with van der Waals surface area (Å²) in [5.74, 6) is 1.58. The molecule has 1 N–H and O–H groups in total. The van der Waals surface area contributed by atoms with E-state index in [0.29, 0.717) is 13.1 Å². The molecule has 1 aromatic heterocycles. The fraction of sp³-hybridized carbons (Fsp3) is 0.583. The molecule has 0 saturated carbocycles. The number of carbonyl (C=O) groups excluding carboxylic acids is 2. The van der Waals surface area contributed by atoms with Gasteiger partial charge in [-0.2, -0.15) is 5.10 Å². The van der Waals surface area contributed by atoms with Gasteiger partial charge in [-0.3, -0.25) is 19.6 Å². The molecule has 2 fully saturated rings. The topological polar surface area (TPSA) is 70.5 Å². The van der Waals surface area contributed by atoms with Gasteiger partial charge in [-0.05, 0) is 0 Å². The first kappa shape index (κ1) is 13.4. The standard InChI is InChI=1S/C12H17N5O2S/c1-15-5-9(4-14-15)17-3-2-16(6-11(17)18)12(19)10-7-20-8-13-10/h4-5,10,13H,2-3,6-8H2,1H3. The monoisotopic (exact) mass is 295 g/mol. The van der Waals surface area contributed by atoms with Crippen LogP contribution in [0.5, 0.6) is 0 Å². The summed E-state index contributed by atoms with van der Waals surface area (Å²) in [7, 11) is 1.82. The molecule has 1 atom stereocenters. The predicted molar refractivity (Wildman–Crippen MR) is 76.4 cm³/mol. The second kappa shape index (κ2) is 5.45.